The molecule has 2 aromatic heterocycles. The molecule has 8 nitrogen and oxygen atoms in total. The minimum Gasteiger partial charge on any atom is -0.454 e. The number of fused-ring (bicyclic) bond motifs is 2. The number of hydrogen-bond acceptors (Lipinski definition) is 6. The number of nitrogens with one attached hydrogen (secondary N) is 1. The Kier molecular flexibility index (Phi) is 4.46. The molecule has 1 aliphatic rings. The molecular weight excluding hydrogens is 334 g/mol. The lowest BCUT2D eigenvalue weighted by Gasteiger charge is -2.03. The van der Waals surface area contributed by atoms with Crippen molar-refractivity contribution in [2.24, 2.45) is 0 Å². The van der Waals surface area contributed by atoms with Crippen LogP contribution in [0.5, 0.6) is 11.5 Å². The topological polar surface area (TPSA) is 90.6 Å². The molecule has 0 atom stereocenters. The van der Waals surface area contributed by atoms with Crippen LogP contribution < -0.4 is 14.8 Å². The fourth-order valence-corrected chi connectivity index (χ4v) is 2.64. The third-order valence-corrected chi connectivity index (χ3v) is 3.95. The van der Waals surface area contributed by atoms with E-state index in [-0.39, 0.29) is 12.7 Å². The number of amides is 1. The normalized spacial score (nSPS) is 12.8. The zero-order chi connectivity index (χ0) is 17.8. The van der Waals surface area contributed by atoms with Crippen LogP contribution in [0.25, 0.3) is 11.9 Å². The highest BCUT2D eigenvalue weighted by Gasteiger charge is 2.12. The quantitative estimate of drug-likeness (QED) is 0.536. The van der Waals surface area contributed by atoms with Crippen molar-refractivity contribution in [1.82, 2.24) is 24.9 Å². The molecule has 4 rings (SSSR count). The van der Waals surface area contributed by atoms with Gasteiger partial charge < -0.3 is 14.8 Å². The molecule has 0 spiro atoms. The van der Waals surface area contributed by atoms with Gasteiger partial charge in [0, 0.05) is 25.0 Å². The van der Waals surface area contributed by atoms with E-state index in [0.717, 1.165) is 29.7 Å². The Labute approximate surface area is 149 Å². The summed E-state index contributed by atoms with van der Waals surface area (Å²) in [5.74, 6) is 1.87. The van der Waals surface area contributed by atoms with E-state index in [2.05, 4.69) is 20.4 Å². The van der Waals surface area contributed by atoms with Crippen LogP contribution in [-0.4, -0.2) is 38.8 Å². The zero-order valence-electron chi connectivity index (χ0n) is 14.0. The first-order chi connectivity index (χ1) is 12.8. The predicted molar refractivity (Wildman–Crippen MR) is 93.7 cm³/mol. The van der Waals surface area contributed by atoms with Gasteiger partial charge in [0.05, 0.1) is 0 Å². The Morgan fingerprint density at radius 2 is 2.19 bits per heavy atom. The van der Waals surface area contributed by atoms with Crippen molar-refractivity contribution < 1.29 is 14.3 Å². The highest BCUT2D eigenvalue weighted by Crippen LogP contribution is 2.32. The van der Waals surface area contributed by atoms with E-state index >= 15 is 0 Å². The van der Waals surface area contributed by atoms with E-state index in [1.165, 1.54) is 12.4 Å². The summed E-state index contributed by atoms with van der Waals surface area (Å²) >= 11 is 0. The number of aryl methyl sites for hydroxylation is 1. The molecule has 0 fully saturated rings. The minimum absolute atomic E-state index is 0.132. The lowest BCUT2D eigenvalue weighted by Crippen LogP contribution is -2.22. The van der Waals surface area contributed by atoms with Crippen LogP contribution in [0.2, 0.25) is 0 Å². The van der Waals surface area contributed by atoms with Gasteiger partial charge in [0.1, 0.15) is 6.33 Å². The Hall–Kier alpha value is -3.42. The summed E-state index contributed by atoms with van der Waals surface area (Å²) < 4.78 is 12.2. The molecule has 0 aliphatic carbocycles. The molecule has 8 heteroatoms. The van der Waals surface area contributed by atoms with Gasteiger partial charge in [-0.2, -0.15) is 10.1 Å². The van der Waals surface area contributed by atoms with Crippen molar-refractivity contribution in [2.45, 2.75) is 12.8 Å². The summed E-state index contributed by atoms with van der Waals surface area (Å²) in [6.07, 6.45) is 10.0. The number of nitrogens with zero attached hydrogens (tertiary/aromatic N) is 4. The summed E-state index contributed by atoms with van der Waals surface area (Å²) in [6.45, 7) is 0.821. The molecule has 3 heterocycles. The summed E-state index contributed by atoms with van der Waals surface area (Å²) in [4.78, 5) is 20.1. The second kappa shape index (κ2) is 7.22. The molecule has 0 radical (unpaired) electrons. The molecule has 3 aromatic rings. The van der Waals surface area contributed by atoms with Crippen molar-refractivity contribution in [2.75, 3.05) is 13.3 Å². The van der Waals surface area contributed by atoms with E-state index in [1.54, 1.807) is 16.8 Å². The largest absolute Gasteiger partial charge is 0.454 e. The number of benzene rings is 1. The van der Waals surface area contributed by atoms with E-state index in [1.807, 2.05) is 24.4 Å². The number of carbonyl (C=O) groups excluding carboxylic acids is 1. The van der Waals surface area contributed by atoms with E-state index < -0.39 is 0 Å². The first-order valence-electron chi connectivity index (χ1n) is 8.28. The van der Waals surface area contributed by atoms with Gasteiger partial charge in [-0.25, -0.2) is 9.50 Å². The molecule has 1 aromatic carbocycles. The zero-order valence-corrected chi connectivity index (χ0v) is 14.0. The second-order valence-electron chi connectivity index (χ2n) is 5.81. The van der Waals surface area contributed by atoms with Gasteiger partial charge in [0.25, 0.3) is 5.78 Å². The van der Waals surface area contributed by atoms with Gasteiger partial charge in [-0.3, -0.25) is 4.79 Å². The van der Waals surface area contributed by atoms with E-state index in [4.69, 9.17) is 9.47 Å². The summed E-state index contributed by atoms with van der Waals surface area (Å²) in [5, 5.41) is 6.93. The fourth-order valence-electron chi connectivity index (χ4n) is 2.64. The van der Waals surface area contributed by atoms with Gasteiger partial charge in [0.2, 0.25) is 12.7 Å². The van der Waals surface area contributed by atoms with Gasteiger partial charge in [-0.05, 0) is 42.2 Å². The third kappa shape index (κ3) is 3.64. The number of carbonyl (C=O) groups is 1. The lowest BCUT2D eigenvalue weighted by atomic mass is 10.2. The van der Waals surface area contributed by atoms with Crippen molar-refractivity contribution in [1.29, 1.82) is 0 Å². The van der Waals surface area contributed by atoms with Crippen LogP contribution in [0.1, 0.15) is 17.5 Å². The Morgan fingerprint density at radius 1 is 1.27 bits per heavy atom. The van der Waals surface area contributed by atoms with Gasteiger partial charge in [-0.1, -0.05) is 6.07 Å². The highest BCUT2D eigenvalue weighted by molar-refractivity contribution is 5.91. The highest BCUT2D eigenvalue weighted by atomic mass is 16.7. The minimum atomic E-state index is -0.132. The van der Waals surface area contributed by atoms with Crippen LogP contribution >= 0.6 is 0 Å². The maximum absolute atomic E-state index is 11.9. The maximum Gasteiger partial charge on any atom is 0.252 e. The second-order valence-corrected chi connectivity index (χ2v) is 5.81. The molecule has 1 aliphatic heterocycles. The summed E-state index contributed by atoms with van der Waals surface area (Å²) in [6, 6.07) is 5.56. The van der Waals surface area contributed by atoms with E-state index in [0.29, 0.717) is 18.1 Å². The Bertz CT molecular complexity index is 966. The average Bonchev–Trinajstić information content (AvgIpc) is 3.31. The summed E-state index contributed by atoms with van der Waals surface area (Å²) in [5.41, 5.74) is 1.93. The molecule has 132 valence electrons. The summed E-state index contributed by atoms with van der Waals surface area (Å²) in [7, 11) is 0. The third-order valence-electron chi connectivity index (χ3n) is 3.95. The van der Waals surface area contributed by atoms with Crippen molar-refractivity contribution >= 4 is 17.8 Å². The lowest BCUT2D eigenvalue weighted by molar-refractivity contribution is -0.116. The average molecular weight is 351 g/mol. The van der Waals surface area contributed by atoms with Crippen molar-refractivity contribution in [3.05, 3.63) is 54.1 Å². The molecular formula is C18H17N5O3. The van der Waals surface area contributed by atoms with Crippen LogP contribution in [0.4, 0.5) is 0 Å². The van der Waals surface area contributed by atoms with Crippen LogP contribution in [0.15, 0.2) is 43.0 Å². The molecule has 0 saturated heterocycles. The molecule has 0 bridgehead atoms. The monoisotopic (exact) mass is 351 g/mol. The first-order valence-corrected chi connectivity index (χ1v) is 8.28. The SMILES string of the molecule is O=C(/C=C/c1ccc2c(c1)OCO2)NCCCc1cnc2ncnn2c1. The van der Waals surface area contributed by atoms with Gasteiger partial charge in [0.15, 0.2) is 11.5 Å². The Balaban J connectivity index is 1.23. The fraction of sp³-hybridized carbons (Fsp3) is 0.222. The molecule has 26 heavy (non-hydrogen) atoms. The molecule has 0 saturated carbocycles. The Morgan fingerprint density at radius 3 is 3.15 bits per heavy atom. The first kappa shape index (κ1) is 16.1. The smallest absolute Gasteiger partial charge is 0.252 e. The van der Waals surface area contributed by atoms with Crippen molar-refractivity contribution in [3.63, 3.8) is 0 Å². The molecule has 0 unspecified atom stereocenters. The van der Waals surface area contributed by atoms with Crippen molar-refractivity contribution in [3.8, 4) is 11.5 Å². The molecule has 1 amide bonds. The number of ether oxygens (including phenoxy) is 2. The predicted octanol–water partition coefficient (Wildman–Crippen LogP) is 1.62. The number of hydrogen-bond donors (Lipinski definition) is 1. The van der Waals surface area contributed by atoms with Gasteiger partial charge >= 0.3 is 0 Å². The maximum atomic E-state index is 11.9. The standard InChI is InChI=1S/C18H17N5O3/c24-17(6-4-13-3-5-15-16(8-13)26-12-25-15)19-7-1-2-14-9-20-18-21-11-22-23(18)10-14/h3-6,8-11H,1-2,7,12H2,(H,19,24)/b6-4+. The number of rotatable bonds is 6. The van der Waals surface area contributed by atoms with Gasteiger partial charge in [-0.15, -0.1) is 0 Å². The van der Waals surface area contributed by atoms with Crippen LogP contribution in [0, 0.1) is 0 Å². The van der Waals surface area contributed by atoms with Crippen LogP contribution in [0.3, 0.4) is 0 Å². The van der Waals surface area contributed by atoms with E-state index in [9.17, 15) is 4.79 Å². The van der Waals surface area contributed by atoms with Crippen LogP contribution in [-0.2, 0) is 11.2 Å². The number of aromatic nitrogens is 4. The molecule has 1 N–H and O–H groups in total.